The summed E-state index contributed by atoms with van der Waals surface area (Å²) in [4.78, 5) is 0. The zero-order valence-electron chi connectivity index (χ0n) is 11.3. The molecule has 0 aromatic heterocycles. The zero-order chi connectivity index (χ0) is 15.2. The Kier molecular flexibility index (Phi) is 6.22. The number of benzene rings is 1. The van der Waals surface area contributed by atoms with Crippen molar-refractivity contribution in [2.24, 2.45) is 0 Å². The molecule has 0 saturated carbocycles. The van der Waals surface area contributed by atoms with E-state index in [1.165, 1.54) is 18.2 Å². The monoisotopic (exact) mass is 295 g/mol. The minimum atomic E-state index is -4.39. The Hall–Kier alpha value is -1.34. The first kappa shape index (κ1) is 16.7. The van der Waals surface area contributed by atoms with Crippen LogP contribution in [0.25, 0.3) is 0 Å². The first-order valence-electron chi connectivity index (χ1n) is 6.07. The molecule has 0 saturated heterocycles. The van der Waals surface area contributed by atoms with Crippen molar-refractivity contribution in [3.63, 3.8) is 0 Å². The predicted octanol–water partition coefficient (Wildman–Crippen LogP) is 3.24. The van der Waals surface area contributed by atoms with Crippen LogP contribution in [0.15, 0.2) is 18.2 Å². The molecule has 1 rings (SSSR count). The first-order valence-corrected chi connectivity index (χ1v) is 6.07. The fraction of sp³-hybridized carbons (Fsp3) is 0.538. The van der Waals surface area contributed by atoms with Crippen LogP contribution in [-0.2, 0) is 11.3 Å². The number of nitrogens with one attached hydrogen (secondary N) is 1. The molecule has 0 radical (unpaired) electrons. The van der Waals surface area contributed by atoms with Gasteiger partial charge in [-0.25, -0.2) is 4.39 Å². The molecule has 1 aromatic carbocycles. The van der Waals surface area contributed by atoms with Gasteiger partial charge in [-0.05, 0) is 18.2 Å². The van der Waals surface area contributed by atoms with Crippen LogP contribution in [0.1, 0.15) is 19.4 Å². The van der Waals surface area contributed by atoms with Gasteiger partial charge in [0, 0.05) is 18.2 Å². The number of rotatable bonds is 7. The summed E-state index contributed by atoms with van der Waals surface area (Å²) in [6, 6.07) is 4.00. The number of hydrogen-bond acceptors (Lipinski definition) is 3. The fourth-order valence-electron chi connectivity index (χ4n) is 1.40. The first-order chi connectivity index (χ1) is 9.28. The molecule has 0 aliphatic rings. The molecule has 114 valence electrons. The number of hydrogen-bond donors (Lipinski definition) is 1. The average molecular weight is 295 g/mol. The van der Waals surface area contributed by atoms with Crippen molar-refractivity contribution in [1.29, 1.82) is 0 Å². The van der Waals surface area contributed by atoms with Crippen molar-refractivity contribution in [2.75, 3.05) is 13.4 Å². The van der Waals surface area contributed by atoms with Gasteiger partial charge in [-0.1, -0.05) is 13.8 Å². The SMILES string of the molecule is CC(C)NCc1cc(F)ccc1OCOCC(F)(F)F. The highest BCUT2D eigenvalue weighted by molar-refractivity contribution is 5.33. The van der Waals surface area contributed by atoms with Crippen LogP contribution in [0.4, 0.5) is 17.6 Å². The molecular weight excluding hydrogens is 278 g/mol. The molecule has 0 amide bonds. The number of ether oxygens (including phenoxy) is 2. The van der Waals surface area contributed by atoms with Gasteiger partial charge in [-0.2, -0.15) is 13.2 Å². The van der Waals surface area contributed by atoms with Gasteiger partial charge in [-0.15, -0.1) is 0 Å². The van der Waals surface area contributed by atoms with Crippen molar-refractivity contribution in [3.05, 3.63) is 29.6 Å². The van der Waals surface area contributed by atoms with Crippen molar-refractivity contribution in [2.45, 2.75) is 32.6 Å². The zero-order valence-corrected chi connectivity index (χ0v) is 11.3. The molecule has 0 heterocycles. The molecule has 3 nitrogen and oxygen atoms in total. The fourth-order valence-corrected chi connectivity index (χ4v) is 1.40. The van der Waals surface area contributed by atoms with Crippen LogP contribution in [0.3, 0.4) is 0 Å². The quantitative estimate of drug-likeness (QED) is 0.476. The Labute approximate surface area is 114 Å². The Bertz CT molecular complexity index is 421. The lowest BCUT2D eigenvalue weighted by Gasteiger charge is -2.14. The van der Waals surface area contributed by atoms with E-state index in [2.05, 4.69) is 10.1 Å². The third-order valence-electron chi connectivity index (χ3n) is 2.29. The van der Waals surface area contributed by atoms with Crippen LogP contribution in [0.2, 0.25) is 0 Å². The van der Waals surface area contributed by atoms with Gasteiger partial charge in [-0.3, -0.25) is 0 Å². The molecule has 0 fully saturated rings. The average Bonchev–Trinajstić information content (AvgIpc) is 2.32. The van der Waals surface area contributed by atoms with Gasteiger partial charge in [0.15, 0.2) is 6.79 Å². The maximum Gasteiger partial charge on any atom is 0.411 e. The van der Waals surface area contributed by atoms with Gasteiger partial charge < -0.3 is 14.8 Å². The van der Waals surface area contributed by atoms with E-state index in [1.54, 1.807) is 0 Å². The van der Waals surface area contributed by atoms with E-state index in [4.69, 9.17) is 4.74 Å². The van der Waals surface area contributed by atoms with E-state index >= 15 is 0 Å². The normalized spacial score (nSPS) is 11.9. The standard InChI is InChI=1S/C13H17F4NO2/c1-9(2)18-6-10-5-11(14)3-4-12(10)20-8-19-7-13(15,16)17/h3-5,9,18H,6-8H2,1-2H3. The van der Waals surface area contributed by atoms with Gasteiger partial charge in [0.05, 0.1) is 0 Å². The van der Waals surface area contributed by atoms with E-state index in [9.17, 15) is 17.6 Å². The van der Waals surface area contributed by atoms with Gasteiger partial charge >= 0.3 is 6.18 Å². The second kappa shape index (κ2) is 7.44. The molecule has 7 heteroatoms. The van der Waals surface area contributed by atoms with E-state index in [0.717, 1.165) is 0 Å². The second-order valence-electron chi connectivity index (χ2n) is 4.51. The second-order valence-corrected chi connectivity index (χ2v) is 4.51. The summed E-state index contributed by atoms with van der Waals surface area (Å²) in [6.07, 6.45) is -4.39. The van der Waals surface area contributed by atoms with E-state index in [1.807, 2.05) is 13.8 Å². The number of halogens is 4. The molecule has 1 aromatic rings. The molecule has 1 N–H and O–H groups in total. The summed E-state index contributed by atoms with van der Waals surface area (Å²) in [6.45, 7) is 2.27. The Morgan fingerprint density at radius 2 is 1.95 bits per heavy atom. The van der Waals surface area contributed by atoms with Crippen LogP contribution < -0.4 is 10.1 Å². The minimum Gasteiger partial charge on any atom is -0.467 e. The third-order valence-corrected chi connectivity index (χ3v) is 2.29. The maximum atomic E-state index is 13.2. The van der Waals surface area contributed by atoms with E-state index in [-0.39, 0.29) is 6.04 Å². The predicted molar refractivity (Wildman–Crippen MR) is 65.9 cm³/mol. The summed E-state index contributed by atoms with van der Waals surface area (Å²) in [5, 5.41) is 3.08. The lowest BCUT2D eigenvalue weighted by molar-refractivity contribution is -0.186. The van der Waals surface area contributed by atoms with Crippen molar-refractivity contribution in [3.8, 4) is 5.75 Å². The summed E-state index contributed by atoms with van der Waals surface area (Å²) < 4.78 is 58.2. The van der Waals surface area contributed by atoms with Gasteiger partial charge in [0.2, 0.25) is 0 Å². The summed E-state index contributed by atoms with van der Waals surface area (Å²) >= 11 is 0. The lowest BCUT2D eigenvalue weighted by atomic mass is 10.2. The van der Waals surface area contributed by atoms with Crippen LogP contribution in [0, 0.1) is 5.82 Å². The van der Waals surface area contributed by atoms with Crippen molar-refractivity contribution >= 4 is 0 Å². The largest absolute Gasteiger partial charge is 0.467 e. The molecule has 20 heavy (non-hydrogen) atoms. The Morgan fingerprint density at radius 1 is 1.25 bits per heavy atom. The van der Waals surface area contributed by atoms with Crippen LogP contribution in [-0.4, -0.2) is 25.6 Å². The van der Waals surface area contributed by atoms with E-state index < -0.39 is 25.4 Å². The minimum absolute atomic E-state index is 0.188. The third kappa shape index (κ3) is 6.72. The maximum absolute atomic E-state index is 13.2. The highest BCUT2D eigenvalue weighted by Crippen LogP contribution is 2.20. The lowest BCUT2D eigenvalue weighted by Crippen LogP contribution is -2.23. The highest BCUT2D eigenvalue weighted by atomic mass is 19.4. The molecule has 0 aliphatic heterocycles. The van der Waals surface area contributed by atoms with Gasteiger partial charge in [0.25, 0.3) is 0 Å². The summed E-state index contributed by atoms with van der Waals surface area (Å²) in [5.74, 6) is -0.143. The number of alkyl halides is 3. The molecule has 0 bridgehead atoms. The molecular formula is C13H17F4NO2. The Balaban J connectivity index is 2.55. The molecule has 0 unspecified atom stereocenters. The summed E-state index contributed by atoms with van der Waals surface area (Å²) in [5.41, 5.74) is 0.523. The van der Waals surface area contributed by atoms with Crippen molar-refractivity contribution in [1.82, 2.24) is 5.32 Å². The van der Waals surface area contributed by atoms with Crippen LogP contribution >= 0.6 is 0 Å². The van der Waals surface area contributed by atoms with E-state index in [0.29, 0.717) is 17.9 Å². The Morgan fingerprint density at radius 3 is 2.55 bits per heavy atom. The molecule has 0 aliphatic carbocycles. The topological polar surface area (TPSA) is 30.5 Å². The highest BCUT2D eigenvalue weighted by Gasteiger charge is 2.27. The molecule has 0 spiro atoms. The van der Waals surface area contributed by atoms with Crippen molar-refractivity contribution < 1.29 is 27.0 Å². The van der Waals surface area contributed by atoms with Crippen LogP contribution in [0.5, 0.6) is 5.75 Å². The smallest absolute Gasteiger partial charge is 0.411 e. The van der Waals surface area contributed by atoms with Gasteiger partial charge in [0.1, 0.15) is 18.2 Å². The molecule has 0 atom stereocenters. The summed E-state index contributed by atoms with van der Waals surface area (Å²) in [7, 11) is 0.